The van der Waals surface area contributed by atoms with Gasteiger partial charge in [-0.15, -0.1) is 6.58 Å². The molecule has 1 heterocycles. The summed E-state index contributed by atoms with van der Waals surface area (Å²) in [5.74, 6) is 0.214. The first kappa shape index (κ1) is 15.2. The molecule has 0 saturated heterocycles. The minimum absolute atomic E-state index is 0.214. The highest BCUT2D eigenvalue weighted by atomic mass is 32.2. The van der Waals surface area contributed by atoms with E-state index in [2.05, 4.69) is 6.58 Å². The minimum Gasteiger partial charge on any atom is -0.238 e. The van der Waals surface area contributed by atoms with Crippen molar-refractivity contribution in [3.05, 3.63) is 78.5 Å². The number of benzene rings is 2. The first-order valence-electron chi connectivity index (χ1n) is 8.20. The van der Waals surface area contributed by atoms with Crippen LogP contribution in [0.25, 0.3) is 10.9 Å². The van der Waals surface area contributed by atoms with E-state index in [9.17, 15) is 8.42 Å². The number of nitrogens with zero attached hydrogens (tertiary/aromatic N) is 1. The molecule has 3 nitrogen and oxygen atoms in total. The molecule has 0 saturated carbocycles. The Labute approximate surface area is 142 Å². The van der Waals surface area contributed by atoms with Gasteiger partial charge in [-0.25, -0.2) is 12.4 Å². The van der Waals surface area contributed by atoms with Gasteiger partial charge in [-0.05, 0) is 43.0 Å². The fourth-order valence-corrected chi connectivity index (χ4v) is 5.39. The predicted molar refractivity (Wildman–Crippen MR) is 96.8 cm³/mol. The third-order valence-corrected chi connectivity index (χ3v) is 6.60. The molecule has 1 aliphatic carbocycles. The van der Waals surface area contributed by atoms with Crippen LogP contribution in [0.3, 0.4) is 0 Å². The van der Waals surface area contributed by atoms with Gasteiger partial charge in [-0.3, -0.25) is 0 Å². The summed E-state index contributed by atoms with van der Waals surface area (Å²) in [4.78, 5) is 0.328. The van der Waals surface area contributed by atoms with Gasteiger partial charge in [0.15, 0.2) is 0 Å². The molecule has 0 bridgehead atoms. The zero-order valence-corrected chi connectivity index (χ0v) is 14.2. The third kappa shape index (κ3) is 2.13. The summed E-state index contributed by atoms with van der Waals surface area (Å²) in [6.07, 6.45) is 4.73. The minimum atomic E-state index is -3.61. The van der Waals surface area contributed by atoms with Gasteiger partial charge in [0, 0.05) is 17.0 Å². The van der Waals surface area contributed by atoms with Gasteiger partial charge in [0.2, 0.25) is 0 Å². The van der Waals surface area contributed by atoms with Gasteiger partial charge in [-0.1, -0.05) is 42.5 Å². The number of allylic oxidation sites excluding steroid dienone is 1. The van der Waals surface area contributed by atoms with Crippen molar-refractivity contribution in [2.75, 3.05) is 0 Å². The number of fused-ring (bicyclic) bond motifs is 3. The molecule has 4 heteroatoms. The molecule has 0 aliphatic heterocycles. The topological polar surface area (TPSA) is 39.1 Å². The van der Waals surface area contributed by atoms with Crippen molar-refractivity contribution in [1.29, 1.82) is 0 Å². The van der Waals surface area contributed by atoms with E-state index in [0.29, 0.717) is 4.90 Å². The van der Waals surface area contributed by atoms with Gasteiger partial charge in [0.25, 0.3) is 10.0 Å². The van der Waals surface area contributed by atoms with Crippen molar-refractivity contribution in [2.24, 2.45) is 0 Å². The Bertz CT molecular complexity index is 1020. The molecule has 1 atom stereocenters. The quantitative estimate of drug-likeness (QED) is 0.661. The summed E-state index contributed by atoms with van der Waals surface area (Å²) >= 11 is 0. The third-order valence-electron chi connectivity index (χ3n) is 4.83. The normalized spacial score (nSPS) is 17.6. The summed E-state index contributed by atoms with van der Waals surface area (Å²) in [5, 5.41) is 1.02. The molecule has 2 aromatic carbocycles. The van der Waals surface area contributed by atoms with Gasteiger partial charge in [0.1, 0.15) is 0 Å². The van der Waals surface area contributed by atoms with Crippen LogP contribution in [0.1, 0.15) is 30.0 Å². The lowest BCUT2D eigenvalue weighted by atomic mass is 9.85. The fraction of sp³-hybridized carbons (Fsp3) is 0.200. The lowest BCUT2D eigenvalue weighted by molar-refractivity contribution is 0.578. The molecule has 3 aromatic rings. The Morgan fingerprint density at radius 3 is 2.50 bits per heavy atom. The molecule has 0 radical (unpaired) electrons. The number of hydrogen-bond donors (Lipinski definition) is 0. The number of para-hydroxylation sites is 1. The van der Waals surface area contributed by atoms with Gasteiger partial charge in [-0.2, -0.15) is 0 Å². The molecule has 1 aliphatic rings. The molecule has 4 rings (SSSR count). The number of rotatable bonds is 3. The summed E-state index contributed by atoms with van der Waals surface area (Å²) in [6.45, 7) is 3.96. The molecule has 122 valence electrons. The second-order valence-electron chi connectivity index (χ2n) is 6.19. The number of aromatic nitrogens is 1. The zero-order chi connectivity index (χ0) is 16.7. The Morgan fingerprint density at radius 1 is 1.04 bits per heavy atom. The van der Waals surface area contributed by atoms with Crippen molar-refractivity contribution < 1.29 is 8.42 Å². The van der Waals surface area contributed by atoms with Crippen LogP contribution in [0.5, 0.6) is 0 Å². The highest BCUT2D eigenvalue weighted by molar-refractivity contribution is 7.90. The Hall–Kier alpha value is -2.33. The summed E-state index contributed by atoms with van der Waals surface area (Å²) < 4.78 is 28.2. The van der Waals surface area contributed by atoms with Crippen molar-refractivity contribution in [3.63, 3.8) is 0 Å². The van der Waals surface area contributed by atoms with E-state index in [0.717, 1.165) is 41.4 Å². The molecular formula is C20H19NO2S. The predicted octanol–water partition coefficient (Wildman–Crippen LogP) is 4.48. The van der Waals surface area contributed by atoms with Gasteiger partial charge < -0.3 is 0 Å². The van der Waals surface area contributed by atoms with Crippen molar-refractivity contribution in [2.45, 2.75) is 30.1 Å². The van der Waals surface area contributed by atoms with E-state index in [4.69, 9.17) is 0 Å². The van der Waals surface area contributed by atoms with Crippen molar-refractivity contribution in [1.82, 2.24) is 3.97 Å². The van der Waals surface area contributed by atoms with E-state index < -0.39 is 10.0 Å². The molecule has 0 unspecified atom stereocenters. The monoisotopic (exact) mass is 337 g/mol. The summed E-state index contributed by atoms with van der Waals surface area (Å²) in [7, 11) is -3.61. The molecule has 1 aromatic heterocycles. The zero-order valence-electron chi connectivity index (χ0n) is 13.4. The van der Waals surface area contributed by atoms with Crippen LogP contribution < -0.4 is 0 Å². The van der Waals surface area contributed by atoms with Crippen LogP contribution in [0.4, 0.5) is 0 Å². The standard InChI is InChI=1S/C20H19NO2S/c1-2-15-9-8-14-19-20(15)17-12-6-7-13-18(17)21(19)24(22,23)16-10-4-3-5-11-16/h2-7,10-13,15H,1,8-9,14H2/t15-/m0/s1. The maximum Gasteiger partial charge on any atom is 0.268 e. The van der Waals surface area contributed by atoms with Crippen LogP contribution in [0.15, 0.2) is 72.1 Å². The Kier molecular flexibility index (Phi) is 3.57. The maximum atomic E-state index is 13.3. The first-order valence-corrected chi connectivity index (χ1v) is 9.64. The second kappa shape index (κ2) is 5.64. The lowest BCUT2D eigenvalue weighted by Gasteiger charge is -2.21. The molecular weight excluding hydrogens is 318 g/mol. The van der Waals surface area contributed by atoms with Gasteiger partial charge in [0.05, 0.1) is 10.4 Å². The second-order valence-corrected chi connectivity index (χ2v) is 7.98. The van der Waals surface area contributed by atoms with E-state index in [1.807, 2.05) is 36.4 Å². The van der Waals surface area contributed by atoms with Crippen LogP contribution in [0, 0.1) is 0 Å². The molecule has 0 N–H and O–H groups in total. The average molecular weight is 337 g/mol. The van der Waals surface area contributed by atoms with Crippen LogP contribution >= 0.6 is 0 Å². The average Bonchev–Trinajstić information content (AvgIpc) is 2.97. The smallest absolute Gasteiger partial charge is 0.238 e. The first-order chi connectivity index (χ1) is 11.6. The van der Waals surface area contributed by atoms with Crippen molar-refractivity contribution >= 4 is 20.9 Å². The Morgan fingerprint density at radius 2 is 1.75 bits per heavy atom. The van der Waals surface area contributed by atoms with Crippen LogP contribution in [-0.4, -0.2) is 12.4 Å². The fourth-order valence-electron chi connectivity index (χ4n) is 3.78. The lowest BCUT2D eigenvalue weighted by Crippen LogP contribution is -2.18. The molecule has 0 spiro atoms. The summed E-state index contributed by atoms with van der Waals surface area (Å²) in [5.41, 5.74) is 2.81. The van der Waals surface area contributed by atoms with Crippen LogP contribution in [-0.2, 0) is 16.4 Å². The molecule has 0 amide bonds. The van der Waals surface area contributed by atoms with E-state index in [1.165, 1.54) is 0 Å². The largest absolute Gasteiger partial charge is 0.268 e. The number of hydrogen-bond acceptors (Lipinski definition) is 2. The van der Waals surface area contributed by atoms with E-state index >= 15 is 0 Å². The van der Waals surface area contributed by atoms with Crippen LogP contribution in [0.2, 0.25) is 0 Å². The van der Waals surface area contributed by atoms with Crippen molar-refractivity contribution in [3.8, 4) is 0 Å². The summed E-state index contributed by atoms with van der Waals surface area (Å²) in [6, 6.07) is 16.5. The van der Waals surface area contributed by atoms with E-state index in [-0.39, 0.29) is 5.92 Å². The Balaban J connectivity index is 2.09. The highest BCUT2D eigenvalue weighted by Gasteiger charge is 2.31. The van der Waals surface area contributed by atoms with E-state index in [1.54, 1.807) is 28.2 Å². The van der Waals surface area contributed by atoms with Gasteiger partial charge >= 0.3 is 0 Å². The SMILES string of the molecule is C=C[C@H]1CCCc2c1c1ccccc1n2S(=O)(=O)c1ccccc1. The molecule has 0 fully saturated rings. The maximum absolute atomic E-state index is 13.3. The molecule has 24 heavy (non-hydrogen) atoms. The highest BCUT2D eigenvalue weighted by Crippen LogP contribution is 2.41.